The quantitative estimate of drug-likeness (QED) is 0.915. The molecule has 1 fully saturated rings. The minimum Gasteiger partial charge on any atom is -0.371 e. The number of nitrogens with two attached hydrogens (primary N) is 1. The van der Waals surface area contributed by atoms with E-state index in [2.05, 4.69) is 52.9 Å². The molecule has 2 nitrogen and oxygen atoms in total. The van der Waals surface area contributed by atoms with Crippen LogP contribution in [0.1, 0.15) is 32.8 Å². The maximum Gasteiger partial charge on any atom is 0.0377 e. The van der Waals surface area contributed by atoms with Crippen LogP contribution in [0, 0.1) is 11.8 Å². The fourth-order valence-electron chi connectivity index (χ4n) is 2.74. The summed E-state index contributed by atoms with van der Waals surface area (Å²) in [5.41, 5.74) is 8.51. The Morgan fingerprint density at radius 3 is 2.68 bits per heavy atom. The molecule has 1 aliphatic rings. The predicted octanol–water partition coefficient (Wildman–Crippen LogP) is 3.82. The Morgan fingerprint density at radius 1 is 1.37 bits per heavy atom. The highest BCUT2D eigenvalue weighted by atomic mass is 79.9. The van der Waals surface area contributed by atoms with Crippen LogP contribution < -0.4 is 10.6 Å². The average Bonchev–Trinajstić information content (AvgIpc) is 2.35. The molecule has 0 radical (unpaired) electrons. The third-order valence-corrected chi connectivity index (χ3v) is 5.02. The Morgan fingerprint density at radius 2 is 2.11 bits per heavy atom. The minimum atomic E-state index is 0.206. The zero-order chi connectivity index (χ0) is 14.0. The molecule has 3 heteroatoms. The van der Waals surface area contributed by atoms with Crippen molar-refractivity contribution in [1.29, 1.82) is 0 Å². The van der Waals surface area contributed by atoms with E-state index in [-0.39, 0.29) is 6.04 Å². The standard InChI is InChI=1S/C16H25BrN2/c1-11-6-7-19(10-12(11)2)15-5-4-14(8-13(3)18)16(17)9-15/h4-5,9,11-13H,6-8,10,18H2,1-3H3. The first-order valence-electron chi connectivity index (χ1n) is 7.26. The number of piperidine rings is 1. The fourth-order valence-corrected chi connectivity index (χ4v) is 3.27. The van der Waals surface area contributed by atoms with Gasteiger partial charge in [0.2, 0.25) is 0 Å². The van der Waals surface area contributed by atoms with Crippen molar-refractivity contribution in [3.8, 4) is 0 Å². The number of hydrogen-bond donors (Lipinski definition) is 1. The van der Waals surface area contributed by atoms with Gasteiger partial charge in [-0.15, -0.1) is 0 Å². The third-order valence-electron chi connectivity index (χ3n) is 4.28. The second-order valence-electron chi connectivity index (χ2n) is 6.15. The molecule has 2 rings (SSSR count). The van der Waals surface area contributed by atoms with E-state index >= 15 is 0 Å². The normalized spacial score (nSPS) is 25.4. The first kappa shape index (κ1) is 14.9. The van der Waals surface area contributed by atoms with Gasteiger partial charge in [-0.1, -0.05) is 35.8 Å². The van der Waals surface area contributed by atoms with Crippen molar-refractivity contribution >= 4 is 21.6 Å². The molecule has 0 aliphatic carbocycles. The summed E-state index contributed by atoms with van der Waals surface area (Å²) >= 11 is 3.69. The number of anilines is 1. The zero-order valence-electron chi connectivity index (χ0n) is 12.2. The van der Waals surface area contributed by atoms with Crippen LogP contribution in [0.3, 0.4) is 0 Å². The second-order valence-corrected chi connectivity index (χ2v) is 7.00. The van der Waals surface area contributed by atoms with Gasteiger partial charge in [0.1, 0.15) is 0 Å². The molecule has 2 N–H and O–H groups in total. The molecule has 3 atom stereocenters. The summed E-state index contributed by atoms with van der Waals surface area (Å²) in [4.78, 5) is 2.51. The number of halogens is 1. The fraction of sp³-hybridized carbons (Fsp3) is 0.625. The number of rotatable bonds is 3. The van der Waals surface area contributed by atoms with E-state index in [9.17, 15) is 0 Å². The van der Waals surface area contributed by atoms with Gasteiger partial charge in [-0.3, -0.25) is 0 Å². The first-order chi connectivity index (χ1) is 8.97. The molecule has 1 saturated heterocycles. The molecule has 106 valence electrons. The zero-order valence-corrected chi connectivity index (χ0v) is 13.8. The Balaban J connectivity index is 2.11. The lowest BCUT2D eigenvalue weighted by atomic mass is 9.88. The Hall–Kier alpha value is -0.540. The minimum absolute atomic E-state index is 0.206. The van der Waals surface area contributed by atoms with Gasteiger partial charge in [0, 0.05) is 29.3 Å². The van der Waals surface area contributed by atoms with E-state index < -0.39 is 0 Å². The average molecular weight is 325 g/mol. The summed E-state index contributed by atoms with van der Waals surface area (Å²) in [6, 6.07) is 6.91. The molecule has 0 saturated carbocycles. The van der Waals surface area contributed by atoms with Crippen LogP contribution in [0.15, 0.2) is 22.7 Å². The molecular weight excluding hydrogens is 300 g/mol. The van der Waals surface area contributed by atoms with Crippen LogP contribution in [-0.4, -0.2) is 19.1 Å². The molecular formula is C16H25BrN2. The highest BCUT2D eigenvalue weighted by Crippen LogP contribution is 2.30. The van der Waals surface area contributed by atoms with Gasteiger partial charge in [0.15, 0.2) is 0 Å². The number of benzene rings is 1. The van der Waals surface area contributed by atoms with Gasteiger partial charge < -0.3 is 10.6 Å². The molecule has 1 aliphatic heterocycles. The summed E-state index contributed by atoms with van der Waals surface area (Å²) in [6.07, 6.45) is 2.22. The SMILES string of the molecule is CC(N)Cc1ccc(N2CCC(C)C(C)C2)cc1Br. The Kier molecular flexibility index (Phi) is 4.91. The summed E-state index contributed by atoms with van der Waals surface area (Å²) in [5.74, 6) is 1.62. The Labute approximate surface area is 125 Å². The van der Waals surface area contributed by atoms with E-state index in [4.69, 9.17) is 5.73 Å². The van der Waals surface area contributed by atoms with Crippen LogP contribution in [0.4, 0.5) is 5.69 Å². The largest absolute Gasteiger partial charge is 0.371 e. The van der Waals surface area contributed by atoms with Gasteiger partial charge in [-0.05, 0) is 49.3 Å². The first-order valence-corrected chi connectivity index (χ1v) is 8.05. The summed E-state index contributed by atoms with van der Waals surface area (Å²) < 4.78 is 1.19. The molecule has 0 bridgehead atoms. The molecule has 1 heterocycles. The molecule has 0 amide bonds. The van der Waals surface area contributed by atoms with E-state index in [1.165, 1.54) is 35.2 Å². The lowest BCUT2D eigenvalue weighted by Gasteiger charge is -2.37. The van der Waals surface area contributed by atoms with Crippen molar-refractivity contribution in [2.75, 3.05) is 18.0 Å². The highest BCUT2D eigenvalue weighted by molar-refractivity contribution is 9.10. The van der Waals surface area contributed by atoms with Crippen molar-refractivity contribution in [2.45, 2.75) is 39.7 Å². The maximum absolute atomic E-state index is 5.88. The van der Waals surface area contributed by atoms with Crippen molar-refractivity contribution in [3.05, 3.63) is 28.2 Å². The van der Waals surface area contributed by atoms with Gasteiger partial charge in [0.05, 0.1) is 0 Å². The van der Waals surface area contributed by atoms with Gasteiger partial charge in [0.25, 0.3) is 0 Å². The van der Waals surface area contributed by atoms with Crippen molar-refractivity contribution in [1.82, 2.24) is 0 Å². The molecule has 0 spiro atoms. The lowest BCUT2D eigenvalue weighted by molar-refractivity contribution is 0.324. The van der Waals surface area contributed by atoms with Crippen LogP contribution in [0.2, 0.25) is 0 Å². The third kappa shape index (κ3) is 3.73. The van der Waals surface area contributed by atoms with E-state index in [1.807, 2.05) is 6.92 Å². The van der Waals surface area contributed by atoms with E-state index in [0.29, 0.717) is 0 Å². The Bertz CT molecular complexity index is 431. The van der Waals surface area contributed by atoms with Crippen molar-refractivity contribution in [2.24, 2.45) is 17.6 Å². The number of nitrogens with zero attached hydrogens (tertiary/aromatic N) is 1. The van der Waals surface area contributed by atoms with Gasteiger partial charge in [-0.25, -0.2) is 0 Å². The monoisotopic (exact) mass is 324 g/mol. The van der Waals surface area contributed by atoms with Gasteiger partial charge in [-0.2, -0.15) is 0 Å². The highest BCUT2D eigenvalue weighted by Gasteiger charge is 2.23. The van der Waals surface area contributed by atoms with Crippen LogP contribution in [0.5, 0.6) is 0 Å². The summed E-state index contributed by atoms with van der Waals surface area (Å²) in [6.45, 7) is 9.11. The topological polar surface area (TPSA) is 29.3 Å². The molecule has 19 heavy (non-hydrogen) atoms. The van der Waals surface area contributed by atoms with Crippen LogP contribution in [0.25, 0.3) is 0 Å². The summed E-state index contributed by atoms with van der Waals surface area (Å²) in [5, 5.41) is 0. The molecule has 0 aromatic heterocycles. The number of hydrogen-bond acceptors (Lipinski definition) is 2. The molecule has 3 unspecified atom stereocenters. The lowest BCUT2D eigenvalue weighted by Crippen LogP contribution is -2.38. The van der Waals surface area contributed by atoms with Crippen LogP contribution >= 0.6 is 15.9 Å². The van der Waals surface area contributed by atoms with Crippen molar-refractivity contribution in [3.63, 3.8) is 0 Å². The maximum atomic E-state index is 5.88. The van der Waals surface area contributed by atoms with Gasteiger partial charge >= 0.3 is 0 Å². The summed E-state index contributed by atoms with van der Waals surface area (Å²) in [7, 11) is 0. The smallest absolute Gasteiger partial charge is 0.0377 e. The van der Waals surface area contributed by atoms with Crippen LogP contribution in [-0.2, 0) is 6.42 Å². The predicted molar refractivity (Wildman–Crippen MR) is 86.7 cm³/mol. The van der Waals surface area contributed by atoms with Crippen molar-refractivity contribution < 1.29 is 0 Å². The molecule has 1 aromatic carbocycles. The van der Waals surface area contributed by atoms with E-state index in [1.54, 1.807) is 0 Å². The second kappa shape index (κ2) is 6.27. The van der Waals surface area contributed by atoms with E-state index in [0.717, 1.165) is 18.3 Å². The molecule has 1 aromatic rings.